The van der Waals surface area contributed by atoms with Crippen molar-refractivity contribution in [2.75, 3.05) is 0 Å². The van der Waals surface area contributed by atoms with E-state index in [0.29, 0.717) is 5.92 Å². The molecule has 0 radical (unpaired) electrons. The van der Waals surface area contributed by atoms with Gasteiger partial charge in [-0.05, 0) is 19.3 Å². The van der Waals surface area contributed by atoms with Crippen molar-refractivity contribution in [2.24, 2.45) is 11.7 Å². The van der Waals surface area contributed by atoms with Crippen LogP contribution in [-0.2, 0) is 13.0 Å². The SMILES string of the molecule is CCCn1ncnc1CC(CC)C(C)N. The molecule has 86 valence electrons. The van der Waals surface area contributed by atoms with Crippen molar-refractivity contribution in [2.45, 2.75) is 52.6 Å². The summed E-state index contributed by atoms with van der Waals surface area (Å²) in [6, 6.07) is 0.224. The Morgan fingerprint density at radius 2 is 2.20 bits per heavy atom. The van der Waals surface area contributed by atoms with E-state index in [0.717, 1.165) is 31.6 Å². The Morgan fingerprint density at radius 1 is 1.47 bits per heavy atom. The Hall–Kier alpha value is -0.900. The third-order valence-corrected chi connectivity index (χ3v) is 2.84. The minimum Gasteiger partial charge on any atom is -0.328 e. The summed E-state index contributed by atoms with van der Waals surface area (Å²) in [5.74, 6) is 1.57. The number of aromatic nitrogens is 3. The lowest BCUT2D eigenvalue weighted by Crippen LogP contribution is -2.28. The molecule has 1 aromatic rings. The molecule has 0 saturated carbocycles. The van der Waals surface area contributed by atoms with Crippen molar-refractivity contribution in [1.82, 2.24) is 14.8 Å². The number of rotatable bonds is 6. The van der Waals surface area contributed by atoms with E-state index in [2.05, 4.69) is 30.9 Å². The third kappa shape index (κ3) is 3.30. The van der Waals surface area contributed by atoms with Gasteiger partial charge < -0.3 is 5.73 Å². The minimum absolute atomic E-state index is 0.224. The monoisotopic (exact) mass is 210 g/mol. The lowest BCUT2D eigenvalue weighted by Gasteiger charge is -2.18. The highest BCUT2D eigenvalue weighted by Crippen LogP contribution is 2.13. The van der Waals surface area contributed by atoms with Crippen molar-refractivity contribution in [3.8, 4) is 0 Å². The van der Waals surface area contributed by atoms with Gasteiger partial charge in [-0.3, -0.25) is 4.68 Å². The summed E-state index contributed by atoms with van der Waals surface area (Å²) >= 11 is 0. The van der Waals surface area contributed by atoms with Gasteiger partial charge in [0, 0.05) is 19.0 Å². The maximum Gasteiger partial charge on any atom is 0.138 e. The molecule has 0 fully saturated rings. The summed E-state index contributed by atoms with van der Waals surface area (Å²) in [6.07, 6.45) is 4.76. The Kier molecular flexibility index (Phi) is 4.75. The first-order valence-electron chi connectivity index (χ1n) is 5.81. The number of aryl methyl sites for hydroxylation is 1. The van der Waals surface area contributed by atoms with Gasteiger partial charge in [0.1, 0.15) is 12.2 Å². The van der Waals surface area contributed by atoms with E-state index in [4.69, 9.17) is 5.73 Å². The van der Waals surface area contributed by atoms with E-state index < -0.39 is 0 Å². The van der Waals surface area contributed by atoms with Crippen molar-refractivity contribution in [1.29, 1.82) is 0 Å². The summed E-state index contributed by atoms with van der Waals surface area (Å²) in [5, 5.41) is 4.22. The summed E-state index contributed by atoms with van der Waals surface area (Å²) in [7, 11) is 0. The van der Waals surface area contributed by atoms with E-state index in [-0.39, 0.29) is 6.04 Å². The number of nitrogens with two attached hydrogens (primary N) is 1. The minimum atomic E-state index is 0.224. The van der Waals surface area contributed by atoms with Crippen LogP contribution in [0.2, 0.25) is 0 Å². The highest BCUT2D eigenvalue weighted by atomic mass is 15.3. The second-order valence-electron chi connectivity index (χ2n) is 4.13. The summed E-state index contributed by atoms with van der Waals surface area (Å²) in [6.45, 7) is 7.34. The number of hydrogen-bond acceptors (Lipinski definition) is 3. The van der Waals surface area contributed by atoms with Gasteiger partial charge in [-0.1, -0.05) is 20.3 Å². The summed E-state index contributed by atoms with van der Waals surface area (Å²) < 4.78 is 1.99. The smallest absolute Gasteiger partial charge is 0.138 e. The van der Waals surface area contributed by atoms with Gasteiger partial charge in [0.05, 0.1) is 0 Å². The molecule has 1 rings (SSSR count). The van der Waals surface area contributed by atoms with Crippen LogP contribution in [0.5, 0.6) is 0 Å². The van der Waals surface area contributed by atoms with Crippen LogP contribution >= 0.6 is 0 Å². The van der Waals surface area contributed by atoms with Gasteiger partial charge in [0.2, 0.25) is 0 Å². The Balaban J connectivity index is 2.65. The predicted molar refractivity (Wildman–Crippen MR) is 61.4 cm³/mol. The zero-order valence-corrected chi connectivity index (χ0v) is 9.98. The number of hydrogen-bond donors (Lipinski definition) is 1. The van der Waals surface area contributed by atoms with E-state index in [1.807, 2.05) is 4.68 Å². The zero-order chi connectivity index (χ0) is 11.3. The molecule has 15 heavy (non-hydrogen) atoms. The van der Waals surface area contributed by atoms with Crippen LogP contribution in [0.25, 0.3) is 0 Å². The fourth-order valence-electron chi connectivity index (χ4n) is 1.78. The fraction of sp³-hybridized carbons (Fsp3) is 0.818. The molecule has 0 aliphatic carbocycles. The molecule has 0 aromatic carbocycles. The Labute approximate surface area is 91.9 Å². The first-order valence-corrected chi connectivity index (χ1v) is 5.81. The van der Waals surface area contributed by atoms with Gasteiger partial charge in [-0.2, -0.15) is 5.10 Å². The second-order valence-corrected chi connectivity index (χ2v) is 4.13. The maximum atomic E-state index is 5.93. The lowest BCUT2D eigenvalue weighted by atomic mass is 9.95. The van der Waals surface area contributed by atoms with Gasteiger partial charge in [0.25, 0.3) is 0 Å². The predicted octanol–water partition coefficient (Wildman–Crippen LogP) is 1.60. The fourth-order valence-corrected chi connectivity index (χ4v) is 1.78. The van der Waals surface area contributed by atoms with Crippen LogP contribution in [0.15, 0.2) is 6.33 Å². The van der Waals surface area contributed by atoms with Crippen LogP contribution < -0.4 is 5.73 Å². The van der Waals surface area contributed by atoms with Gasteiger partial charge >= 0.3 is 0 Å². The van der Waals surface area contributed by atoms with Crippen molar-refractivity contribution in [3.05, 3.63) is 12.2 Å². The molecule has 0 aliphatic rings. The van der Waals surface area contributed by atoms with E-state index in [9.17, 15) is 0 Å². The average Bonchev–Trinajstić information content (AvgIpc) is 2.62. The molecule has 0 amide bonds. The zero-order valence-electron chi connectivity index (χ0n) is 9.98. The van der Waals surface area contributed by atoms with Crippen LogP contribution in [-0.4, -0.2) is 20.8 Å². The van der Waals surface area contributed by atoms with E-state index >= 15 is 0 Å². The molecule has 2 N–H and O–H groups in total. The maximum absolute atomic E-state index is 5.93. The first-order chi connectivity index (χ1) is 7.19. The Bertz CT molecular complexity index is 280. The molecule has 4 heteroatoms. The highest BCUT2D eigenvalue weighted by molar-refractivity contribution is 4.89. The van der Waals surface area contributed by atoms with E-state index in [1.165, 1.54) is 0 Å². The molecular formula is C11H22N4. The van der Waals surface area contributed by atoms with Crippen LogP contribution in [0.1, 0.15) is 39.4 Å². The first kappa shape index (κ1) is 12.2. The van der Waals surface area contributed by atoms with Crippen LogP contribution in [0.3, 0.4) is 0 Å². The van der Waals surface area contributed by atoms with Gasteiger partial charge in [-0.15, -0.1) is 0 Å². The lowest BCUT2D eigenvalue weighted by molar-refractivity contribution is 0.406. The Morgan fingerprint density at radius 3 is 2.73 bits per heavy atom. The average molecular weight is 210 g/mol. The third-order valence-electron chi connectivity index (χ3n) is 2.84. The molecule has 0 saturated heterocycles. The molecule has 1 heterocycles. The molecular weight excluding hydrogens is 188 g/mol. The van der Waals surface area contributed by atoms with Crippen molar-refractivity contribution < 1.29 is 0 Å². The molecule has 4 nitrogen and oxygen atoms in total. The summed E-state index contributed by atoms with van der Waals surface area (Å²) in [4.78, 5) is 4.30. The molecule has 0 aliphatic heterocycles. The van der Waals surface area contributed by atoms with Gasteiger partial charge in [-0.25, -0.2) is 4.98 Å². The van der Waals surface area contributed by atoms with Crippen molar-refractivity contribution in [3.63, 3.8) is 0 Å². The molecule has 1 aromatic heterocycles. The quantitative estimate of drug-likeness (QED) is 0.776. The second kappa shape index (κ2) is 5.85. The topological polar surface area (TPSA) is 56.7 Å². The van der Waals surface area contributed by atoms with E-state index in [1.54, 1.807) is 6.33 Å². The standard InChI is InChI=1S/C11H22N4/c1-4-6-15-11(13-8-14-15)7-10(5-2)9(3)12/h8-10H,4-7,12H2,1-3H3. The number of nitrogens with zero attached hydrogens (tertiary/aromatic N) is 3. The molecule has 0 spiro atoms. The van der Waals surface area contributed by atoms with Crippen LogP contribution in [0, 0.1) is 5.92 Å². The normalized spacial score (nSPS) is 15.2. The summed E-state index contributed by atoms with van der Waals surface area (Å²) in [5.41, 5.74) is 5.93. The van der Waals surface area contributed by atoms with Gasteiger partial charge in [0.15, 0.2) is 0 Å². The van der Waals surface area contributed by atoms with Crippen LogP contribution in [0.4, 0.5) is 0 Å². The van der Waals surface area contributed by atoms with Crippen molar-refractivity contribution >= 4 is 0 Å². The molecule has 2 atom stereocenters. The largest absolute Gasteiger partial charge is 0.328 e. The molecule has 2 unspecified atom stereocenters. The molecule has 0 bridgehead atoms. The highest BCUT2D eigenvalue weighted by Gasteiger charge is 2.15.